The first-order chi connectivity index (χ1) is 6.76. The second kappa shape index (κ2) is 5.21. The number of aromatic nitrogens is 1. The molecule has 4 nitrogen and oxygen atoms in total. The number of pyridine rings is 1. The van der Waals surface area contributed by atoms with Crippen molar-refractivity contribution in [1.82, 2.24) is 4.98 Å². The molecule has 0 fully saturated rings. The third-order valence-electron chi connectivity index (χ3n) is 1.75. The van der Waals surface area contributed by atoms with Crippen molar-refractivity contribution in [3.05, 3.63) is 24.4 Å². The first-order valence-electron chi connectivity index (χ1n) is 4.11. The van der Waals surface area contributed by atoms with Crippen molar-refractivity contribution in [1.29, 1.82) is 0 Å². The SMILES string of the molecule is COC(OC)(OC)[Si]c1ccccn1. The quantitative estimate of drug-likeness (QED) is 0.506. The first-order valence-corrected chi connectivity index (χ1v) is 5.11. The summed E-state index contributed by atoms with van der Waals surface area (Å²) in [6.45, 7) is 0. The van der Waals surface area contributed by atoms with Gasteiger partial charge in [0.25, 0.3) is 5.60 Å². The van der Waals surface area contributed by atoms with E-state index < -0.39 is 5.60 Å². The van der Waals surface area contributed by atoms with Gasteiger partial charge in [-0.05, 0) is 12.1 Å². The molecule has 1 aromatic rings. The summed E-state index contributed by atoms with van der Waals surface area (Å²) in [6, 6.07) is 5.69. The molecule has 0 amide bonds. The van der Waals surface area contributed by atoms with E-state index in [9.17, 15) is 0 Å². The van der Waals surface area contributed by atoms with Crippen LogP contribution < -0.4 is 5.32 Å². The number of methoxy groups -OCH3 is 3. The lowest BCUT2D eigenvalue weighted by Crippen LogP contribution is -2.48. The van der Waals surface area contributed by atoms with Crippen molar-refractivity contribution < 1.29 is 14.2 Å². The van der Waals surface area contributed by atoms with Crippen LogP contribution in [-0.2, 0) is 14.2 Å². The van der Waals surface area contributed by atoms with Crippen LogP contribution in [0.4, 0.5) is 0 Å². The van der Waals surface area contributed by atoms with Crippen molar-refractivity contribution in [2.45, 2.75) is 5.60 Å². The predicted molar refractivity (Wildman–Crippen MR) is 53.4 cm³/mol. The minimum atomic E-state index is -1.01. The highest BCUT2D eigenvalue weighted by Crippen LogP contribution is 2.08. The van der Waals surface area contributed by atoms with E-state index in [1.165, 1.54) is 0 Å². The summed E-state index contributed by atoms with van der Waals surface area (Å²) in [5, 5.41) is 0.887. The minimum absolute atomic E-state index is 0.188. The fraction of sp³-hybridized carbons (Fsp3) is 0.444. The van der Waals surface area contributed by atoms with Crippen LogP contribution in [0, 0.1) is 0 Å². The van der Waals surface area contributed by atoms with Crippen LogP contribution in [0.2, 0.25) is 0 Å². The lowest BCUT2D eigenvalue weighted by atomic mass is 10.5. The smallest absolute Gasteiger partial charge is 0.258 e. The van der Waals surface area contributed by atoms with Gasteiger partial charge in [0.1, 0.15) is 0 Å². The molecule has 0 spiro atoms. The molecule has 1 rings (SSSR count). The average Bonchev–Trinajstić information content (AvgIpc) is 2.28. The Kier molecular flexibility index (Phi) is 4.21. The molecule has 76 valence electrons. The van der Waals surface area contributed by atoms with Crippen LogP contribution in [0.1, 0.15) is 0 Å². The third kappa shape index (κ3) is 2.62. The molecule has 1 heterocycles. The van der Waals surface area contributed by atoms with Gasteiger partial charge >= 0.3 is 0 Å². The van der Waals surface area contributed by atoms with E-state index in [0.29, 0.717) is 0 Å². The largest absolute Gasteiger partial charge is 0.335 e. The van der Waals surface area contributed by atoms with Crippen molar-refractivity contribution >= 4 is 14.8 Å². The molecule has 0 atom stereocenters. The molecule has 0 aliphatic rings. The van der Waals surface area contributed by atoms with Crippen LogP contribution in [0.15, 0.2) is 24.4 Å². The highest BCUT2D eigenvalue weighted by Gasteiger charge is 2.31. The molecule has 0 aliphatic carbocycles. The molecule has 0 aromatic carbocycles. The monoisotopic (exact) mass is 211 g/mol. The van der Waals surface area contributed by atoms with Gasteiger partial charge in [-0.2, -0.15) is 0 Å². The fourth-order valence-electron chi connectivity index (χ4n) is 0.997. The molecule has 0 saturated carbocycles. The highest BCUT2D eigenvalue weighted by molar-refractivity contribution is 6.54. The lowest BCUT2D eigenvalue weighted by molar-refractivity contribution is -0.293. The molecule has 1 aromatic heterocycles. The standard InChI is InChI=1S/C9H13NO3Si/c1-11-9(12-2,13-3)14-8-6-4-5-7-10-8/h4-7H,1-3H3. The fourth-order valence-corrected chi connectivity index (χ4v) is 1.94. The van der Waals surface area contributed by atoms with E-state index >= 15 is 0 Å². The zero-order valence-electron chi connectivity index (χ0n) is 8.48. The summed E-state index contributed by atoms with van der Waals surface area (Å²) in [5.74, 6) is 0. The van der Waals surface area contributed by atoms with Gasteiger partial charge in [-0.3, -0.25) is 4.98 Å². The number of hydrogen-bond donors (Lipinski definition) is 0. The Balaban J connectivity index is 2.74. The number of ether oxygens (including phenoxy) is 3. The molecule has 2 radical (unpaired) electrons. The Morgan fingerprint density at radius 1 is 1.14 bits per heavy atom. The van der Waals surface area contributed by atoms with Gasteiger partial charge in [0, 0.05) is 32.8 Å². The molecule has 0 unspecified atom stereocenters. The lowest BCUT2D eigenvalue weighted by Gasteiger charge is -2.27. The summed E-state index contributed by atoms with van der Waals surface area (Å²) in [5.41, 5.74) is -1.01. The van der Waals surface area contributed by atoms with Crippen LogP contribution in [0.25, 0.3) is 0 Å². The number of hydrogen-bond acceptors (Lipinski definition) is 4. The summed E-state index contributed by atoms with van der Waals surface area (Å²) in [4.78, 5) is 4.18. The molecular formula is C9H13NO3Si. The Morgan fingerprint density at radius 2 is 1.79 bits per heavy atom. The third-order valence-corrected chi connectivity index (χ3v) is 3.22. The molecular weight excluding hydrogens is 198 g/mol. The van der Waals surface area contributed by atoms with E-state index in [1.54, 1.807) is 27.5 Å². The average molecular weight is 211 g/mol. The van der Waals surface area contributed by atoms with Gasteiger partial charge in [-0.15, -0.1) is 0 Å². The Hall–Kier alpha value is -0.753. The molecule has 5 heteroatoms. The zero-order valence-corrected chi connectivity index (χ0v) is 9.48. The topological polar surface area (TPSA) is 40.6 Å². The summed E-state index contributed by atoms with van der Waals surface area (Å²) >= 11 is 0. The molecule has 0 N–H and O–H groups in total. The van der Waals surface area contributed by atoms with E-state index in [2.05, 4.69) is 4.98 Å². The minimum Gasteiger partial charge on any atom is -0.335 e. The van der Waals surface area contributed by atoms with Gasteiger partial charge in [0.05, 0.1) is 0 Å². The number of rotatable bonds is 5. The van der Waals surface area contributed by atoms with E-state index in [4.69, 9.17) is 14.2 Å². The Labute approximate surface area is 86.0 Å². The van der Waals surface area contributed by atoms with Crippen molar-refractivity contribution in [2.75, 3.05) is 21.3 Å². The predicted octanol–water partition coefficient (Wildman–Crippen LogP) is -0.0384. The van der Waals surface area contributed by atoms with Gasteiger partial charge in [0.15, 0.2) is 0 Å². The summed E-state index contributed by atoms with van der Waals surface area (Å²) in [6.07, 6.45) is 1.73. The Morgan fingerprint density at radius 3 is 2.21 bits per heavy atom. The second-order valence-electron chi connectivity index (χ2n) is 2.51. The van der Waals surface area contributed by atoms with E-state index in [0.717, 1.165) is 5.32 Å². The molecule has 0 aliphatic heterocycles. The van der Waals surface area contributed by atoms with Crippen LogP contribution >= 0.6 is 0 Å². The van der Waals surface area contributed by atoms with Gasteiger partial charge in [-0.25, -0.2) is 0 Å². The number of nitrogens with zero attached hydrogens (tertiary/aromatic N) is 1. The maximum atomic E-state index is 5.17. The maximum absolute atomic E-state index is 5.17. The normalized spacial score (nSPS) is 11.6. The Bertz CT molecular complexity index is 256. The van der Waals surface area contributed by atoms with Crippen molar-refractivity contribution in [2.24, 2.45) is 0 Å². The zero-order chi connectivity index (χ0) is 10.4. The van der Waals surface area contributed by atoms with Crippen LogP contribution in [-0.4, -0.2) is 41.4 Å². The summed E-state index contributed by atoms with van der Waals surface area (Å²) < 4.78 is 15.5. The van der Waals surface area contributed by atoms with Crippen LogP contribution in [0.3, 0.4) is 0 Å². The van der Waals surface area contributed by atoms with Crippen molar-refractivity contribution in [3.63, 3.8) is 0 Å². The van der Waals surface area contributed by atoms with Gasteiger partial charge in [-0.1, -0.05) is 6.07 Å². The van der Waals surface area contributed by atoms with E-state index in [1.807, 2.05) is 18.2 Å². The molecule has 0 bridgehead atoms. The molecule has 14 heavy (non-hydrogen) atoms. The second-order valence-corrected chi connectivity index (χ2v) is 3.88. The summed E-state index contributed by atoms with van der Waals surface area (Å²) in [7, 11) is 4.82. The van der Waals surface area contributed by atoms with E-state index in [-0.39, 0.29) is 9.52 Å². The van der Waals surface area contributed by atoms with Crippen LogP contribution in [0.5, 0.6) is 0 Å². The highest BCUT2D eigenvalue weighted by atomic mass is 28.2. The first kappa shape index (κ1) is 11.3. The van der Waals surface area contributed by atoms with Gasteiger partial charge in [0.2, 0.25) is 9.52 Å². The maximum Gasteiger partial charge on any atom is 0.258 e. The van der Waals surface area contributed by atoms with Crippen molar-refractivity contribution in [3.8, 4) is 0 Å². The molecule has 0 saturated heterocycles. The van der Waals surface area contributed by atoms with Gasteiger partial charge < -0.3 is 14.2 Å².